The molecule has 1 amide bonds. The Bertz CT molecular complexity index is 1340. The molecule has 0 spiro atoms. The van der Waals surface area contributed by atoms with Crippen LogP contribution in [0.25, 0.3) is 5.76 Å². The van der Waals surface area contributed by atoms with E-state index < -0.39 is 17.7 Å². The van der Waals surface area contributed by atoms with Crippen LogP contribution in [-0.4, -0.2) is 44.1 Å². The molecule has 0 aliphatic carbocycles. The van der Waals surface area contributed by atoms with Crippen LogP contribution in [0.2, 0.25) is 0 Å². The number of aryl methyl sites for hydroxylation is 1. The van der Waals surface area contributed by atoms with Crippen molar-refractivity contribution in [3.05, 3.63) is 89.0 Å². The van der Waals surface area contributed by atoms with Crippen molar-refractivity contribution in [2.24, 2.45) is 0 Å². The molecule has 1 aliphatic rings. The van der Waals surface area contributed by atoms with E-state index >= 15 is 0 Å². The fourth-order valence-corrected chi connectivity index (χ4v) is 4.80. The molecule has 1 fully saturated rings. The van der Waals surface area contributed by atoms with Gasteiger partial charge in [-0.25, -0.2) is 0 Å². The summed E-state index contributed by atoms with van der Waals surface area (Å²) in [5.74, 6) is -0.482. The molecule has 4 rings (SSSR count). The van der Waals surface area contributed by atoms with Crippen LogP contribution in [0.15, 0.2) is 72.3 Å². The molecule has 3 aromatic rings. The Balaban J connectivity index is 1.92. The molecule has 192 valence electrons. The lowest BCUT2D eigenvalue weighted by Crippen LogP contribution is -2.29. The number of aliphatic hydroxyl groups is 1. The maximum absolute atomic E-state index is 13.5. The summed E-state index contributed by atoms with van der Waals surface area (Å²) in [7, 11) is 3.11. The van der Waals surface area contributed by atoms with Crippen LogP contribution in [0.4, 0.5) is 11.4 Å². The van der Waals surface area contributed by atoms with E-state index in [9.17, 15) is 14.7 Å². The van der Waals surface area contributed by atoms with Crippen LogP contribution in [0.5, 0.6) is 11.5 Å². The van der Waals surface area contributed by atoms with E-state index in [1.54, 1.807) is 56.7 Å². The summed E-state index contributed by atoms with van der Waals surface area (Å²) in [6, 6.07) is 19.1. The molecule has 0 radical (unpaired) electrons. The molecule has 0 saturated carbocycles. The number of hydrogen-bond acceptors (Lipinski definition) is 6. The van der Waals surface area contributed by atoms with Crippen molar-refractivity contribution in [1.29, 1.82) is 0 Å². The van der Waals surface area contributed by atoms with Crippen molar-refractivity contribution in [2.75, 3.05) is 37.1 Å². The van der Waals surface area contributed by atoms with Gasteiger partial charge in [0.05, 0.1) is 25.8 Å². The highest BCUT2D eigenvalue weighted by Gasteiger charge is 2.47. The fraction of sp³-hybridized carbons (Fsp3) is 0.267. The Labute approximate surface area is 217 Å². The van der Waals surface area contributed by atoms with Gasteiger partial charge in [0.25, 0.3) is 11.7 Å². The standard InChI is InChI=1S/C30H32N2O5/c1-6-31(7-2)21-13-11-20(12-14-21)27-26(28(33)25-16-15-24(37-5)17-19(25)3)29(34)30(35)32(27)22-9-8-10-23(18-22)36-4/h8-18,27,33H,6-7H2,1-5H3/b28-26-. The zero-order valence-corrected chi connectivity index (χ0v) is 21.8. The number of methoxy groups -OCH3 is 2. The lowest BCUT2D eigenvalue weighted by molar-refractivity contribution is -0.132. The van der Waals surface area contributed by atoms with E-state index in [4.69, 9.17) is 9.47 Å². The van der Waals surface area contributed by atoms with Gasteiger partial charge in [-0.05, 0) is 74.4 Å². The van der Waals surface area contributed by atoms with E-state index in [0.29, 0.717) is 28.3 Å². The minimum atomic E-state index is -0.820. The van der Waals surface area contributed by atoms with Gasteiger partial charge in [-0.3, -0.25) is 14.5 Å². The van der Waals surface area contributed by atoms with Gasteiger partial charge in [0, 0.05) is 36.1 Å². The van der Waals surface area contributed by atoms with Crippen molar-refractivity contribution < 1.29 is 24.2 Å². The summed E-state index contributed by atoms with van der Waals surface area (Å²) in [5, 5.41) is 11.5. The maximum atomic E-state index is 13.5. The Kier molecular flexibility index (Phi) is 7.53. The van der Waals surface area contributed by atoms with Gasteiger partial charge in [-0.1, -0.05) is 18.2 Å². The van der Waals surface area contributed by atoms with Gasteiger partial charge >= 0.3 is 0 Å². The molecular formula is C30H32N2O5. The average Bonchev–Trinajstić information content (AvgIpc) is 3.19. The fourth-order valence-electron chi connectivity index (χ4n) is 4.80. The number of benzene rings is 3. The molecule has 0 aromatic heterocycles. The third-order valence-corrected chi connectivity index (χ3v) is 6.80. The summed E-state index contributed by atoms with van der Waals surface area (Å²) >= 11 is 0. The number of amides is 1. The summed E-state index contributed by atoms with van der Waals surface area (Å²) in [6.07, 6.45) is 0. The predicted molar refractivity (Wildman–Crippen MR) is 146 cm³/mol. The SMILES string of the molecule is CCN(CC)c1ccc(C2/C(=C(/O)c3ccc(OC)cc3C)C(=O)C(=O)N2c2cccc(OC)c2)cc1. The first-order valence-electron chi connectivity index (χ1n) is 12.3. The average molecular weight is 501 g/mol. The van der Waals surface area contributed by atoms with Gasteiger partial charge in [0.15, 0.2) is 0 Å². The molecule has 1 N–H and O–H groups in total. The molecule has 3 aromatic carbocycles. The normalized spacial score (nSPS) is 16.7. The number of aliphatic hydroxyl groups excluding tert-OH is 1. The quantitative estimate of drug-likeness (QED) is 0.251. The Hall–Kier alpha value is -4.26. The minimum absolute atomic E-state index is 0.0386. The number of carbonyl (C=O) groups is 2. The van der Waals surface area contributed by atoms with Gasteiger partial charge in [0.1, 0.15) is 17.3 Å². The van der Waals surface area contributed by atoms with Crippen molar-refractivity contribution in [3.8, 4) is 11.5 Å². The number of ketones is 1. The van der Waals surface area contributed by atoms with Crippen LogP contribution >= 0.6 is 0 Å². The number of carbonyl (C=O) groups excluding carboxylic acids is 2. The molecule has 37 heavy (non-hydrogen) atoms. The summed E-state index contributed by atoms with van der Waals surface area (Å²) < 4.78 is 10.7. The molecule has 7 nitrogen and oxygen atoms in total. The van der Waals surface area contributed by atoms with Crippen molar-refractivity contribution in [3.63, 3.8) is 0 Å². The second-order valence-corrected chi connectivity index (χ2v) is 8.82. The van der Waals surface area contributed by atoms with Crippen LogP contribution in [-0.2, 0) is 9.59 Å². The highest BCUT2D eigenvalue weighted by atomic mass is 16.5. The van der Waals surface area contributed by atoms with Gasteiger partial charge in [0.2, 0.25) is 0 Å². The van der Waals surface area contributed by atoms with Crippen molar-refractivity contribution in [1.82, 2.24) is 0 Å². The summed E-state index contributed by atoms with van der Waals surface area (Å²) in [6.45, 7) is 7.71. The van der Waals surface area contributed by atoms with E-state index in [1.807, 2.05) is 31.2 Å². The number of Topliss-reactive ketones (excluding diaryl/α,β-unsaturated/α-hetero) is 1. The van der Waals surface area contributed by atoms with Crippen molar-refractivity contribution in [2.45, 2.75) is 26.8 Å². The Morgan fingerprint density at radius 2 is 1.57 bits per heavy atom. The maximum Gasteiger partial charge on any atom is 0.300 e. The Morgan fingerprint density at radius 1 is 0.919 bits per heavy atom. The highest BCUT2D eigenvalue weighted by Crippen LogP contribution is 2.43. The zero-order valence-electron chi connectivity index (χ0n) is 21.8. The topological polar surface area (TPSA) is 79.3 Å². The molecule has 1 heterocycles. The summed E-state index contributed by atoms with van der Waals surface area (Å²) in [5.41, 5.74) is 3.49. The van der Waals surface area contributed by atoms with E-state index in [1.165, 1.54) is 4.90 Å². The molecule has 7 heteroatoms. The lowest BCUT2D eigenvalue weighted by atomic mass is 9.93. The van der Waals surface area contributed by atoms with Gasteiger partial charge in [-0.15, -0.1) is 0 Å². The molecule has 1 unspecified atom stereocenters. The number of ether oxygens (including phenoxy) is 2. The highest BCUT2D eigenvalue weighted by molar-refractivity contribution is 6.51. The number of rotatable bonds is 8. The van der Waals surface area contributed by atoms with Crippen LogP contribution in [0, 0.1) is 6.92 Å². The first kappa shape index (κ1) is 25.8. The third-order valence-electron chi connectivity index (χ3n) is 6.80. The predicted octanol–water partition coefficient (Wildman–Crippen LogP) is 5.48. The minimum Gasteiger partial charge on any atom is -0.507 e. The molecule has 1 aliphatic heterocycles. The number of nitrogens with zero attached hydrogens (tertiary/aromatic N) is 2. The third kappa shape index (κ3) is 4.77. The number of anilines is 2. The van der Waals surface area contributed by atoms with Crippen LogP contribution in [0.3, 0.4) is 0 Å². The lowest BCUT2D eigenvalue weighted by Gasteiger charge is -2.27. The van der Waals surface area contributed by atoms with Crippen LogP contribution in [0.1, 0.15) is 36.6 Å². The second-order valence-electron chi connectivity index (χ2n) is 8.82. The summed E-state index contributed by atoms with van der Waals surface area (Å²) in [4.78, 5) is 30.6. The van der Waals surface area contributed by atoms with E-state index in [2.05, 4.69) is 18.7 Å². The zero-order chi connectivity index (χ0) is 26.7. The molecule has 1 atom stereocenters. The van der Waals surface area contributed by atoms with Gasteiger partial charge < -0.3 is 19.5 Å². The number of hydrogen-bond donors (Lipinski definition) is 1. The molecular weight excluding hydrogens is 468 g/mol. The molecule has 1 saturated heterocycles. The van der Waals surface area contributed by atoms with E-state index in [-0.39, 0.29) is 11.3 Å². The Morgan fingerprint density at radius 3 is 2.16 bits per heavy atom. The smallest absolute Gasteiger partial charge is 0.300 e. The molecule has 0 bridgehead atoms. The largest absolute Gasteiger partial charge is 0.507 e. The first-order valence-corrected chi connectivity index (χ1v) is 12.3. The van der Waals surface area contributed by atoms with Crippen LogP contribution < -0.4 is 19.3 Å². The van der Waals surface area contributed by atoms with Gasteiger partial charge in [-0.2, -0.15) is 0 Å². The second kappa shape index (κ2) is 10.8. The first-order chi connectivity index (χ1) is 17.8. The van der Waals surface area contributed by atoms with Crippen molar-refractivity contribution >= 4 is 28.8 Å². The van der Waals surface area contributed by atoms with E-state index in [0.717, 1.165) is 24.3 Å². The monoisotopic (exact) mass is 500 g/mol.